The van der Waals surface area contributed by atoms with E-state index in [1.54, 1.807) is 0 Å². The van der Waals surface area contributed by atoms with E-state index in [0.29, 0.717) is 5.41 Å². The minimum Gasteiger partial charge on any atom is -0.371 e. The highest BCUT2D eigenvalue weighted by Crippen LogP contribution is 2.39. The molecule has 2 rings (SSSR count). The Morgan fingerprint density at radius 1 is 1.32 bits per heavy atom. The maximum absolute atomic E-state index is 6.15. The van der Waals surface area contributed by atoms with Crippen molar-refractivity contribution in [1.29, 1.82) is 0 Å². The summed E-state index contributed by atoms with van der Waals surface area (Å²) in [6.45, 7) is 7.60. The molecule has 2 nitrogen and oxygen atoms in total. The summed E-state index contributed by atoms with van der Waals surface area (Å²) < 4.78 is 0. The van der Waals surface area contributed by atoms with E-state index in [2.05, 4.69) is 49.1 Å². The number of benzene rings is 1. The Kier molecular flexibility index (Phi) is 4.87. The van der Waals surface area contributed by atoms with E-state index in [1.807, 2.05) is 0 Å². The molecule has 0 saturated heterocycles. The Labute approximate surface area is 118 Å². The molecule has 0 aromatic heterocycles. The van der Waals surface area contributed by atoms with Crippen molar-refractivity contribution in [3.8, 4) is 0 Å². The first-order valence-corrected chi connectivity index (χ1v) is 7.69. The van der Waals surface area contributed by atoms with Crippen LogP contribution in [0.15, 0.2) is 30.3 Å². The fourth-order valence-corrected chi connectivity index (χ4v) is 3.59. The lowest BCUT2D eigenvalue weighted by molar-refractivity contribution is 0.160. The van der Waals surface area contributed by atoms with Crippen LogP contribution in [0.3, 0.4) is 0 Å². The normalized spacial score (nSPS) is 27.2. The largest absolute Gasteiger partial charge is 0.371 e. The lowest BCUT2D eigenvalue weighted by Crippen LogP contribution is -2.45. The molecule has 1 fully saturated rings. The van der Waals surface area contributed by atoms with Crippen molar-refractivity contribution in [1.82, 2.24) is 0 Å². The fourth-order valence-electron chi connectivity index (χ4n) is 3.59. The Morgan fingerprint density at radius 2 is 2.05 bits per heavy atom. The molecule has 2 atom stereocenters. The molecule has 0 radical (unpaired) electrons. The average Bonchev–Trinajstić information content (AvgIpc) is 2.46. The lowest BCUT2D eigenvalue weighted by Gasteiger charge is -2.43. The van der Waals surface area contributed by atoms with Gasteiger partial charge in [0, 0.05) is 24.2 Å². The molecular formula is C17H28N2. The van der Waals surface area contributed by atoms with Crippen LogP contribution >= 0.6 is 0 Å². The minimum atomic E-state index is 0.323. The summed E-state index contributed by atoms with van der Waals surface area (Å²) in [5.74, 6) is 0.826. The van der Waals surface area contributed by atoms with Gasteiger partial charge in [0.05, 0.1) is 0 Å². The molecule has 0 aliphatic heterocycles. The second-order valence-corrected chi connectivity index (χ2v) is 6.26. The van der Waals surface area contributed by atoms with Gasteiger partial charge in [-0.2, -0.15) is 0 Å². The predicted molar refractivity (Wildman–Crippen MR) is 83.4 cm³/mol. The summed E-state index contributed by atoms with van der Waals surface area (Å²) in [7, 11) is 0. The van der Waals surface area contributed by atoms with Crippen molar-refractivity contribution in [2.75, 3.05) is 24.5 Å². The highest BCUT2D eigenvalue weighted by molar-refractivity contribution is 5.46. The van der Waals surface area contributed by atoms with Gasteiger partial charge in [-0.05, 0) is 44.4 Å². The molecular weight excluding hydrogens is 232 g/mol. The summed E-state index contributed by atoms with van der Waals surface area (Å²) in [6, 6.07) is 10.7. The van der Waals surface area contributed by atoms with Crippen molar-refractivity contribution in [2.45, 2.75) is 39.5 Å². The number of nitrogens with two attached hydrogens (primary N) is 1. The Bertz CT molecular complexity index is 376. The van der Waals surface area contributed by atoms with Crippen LogP contribution in [0.4, 0.5) is 5.69 Å². The molecule has 2 N–H and O–H groups in total. The van der Waals surface area contributed by atoms with Crippen LogP contribution in [-0.2, 0) is 0 Å². The SMILES string of the molecule is CCN(CC1(CN)CCCC(C)C1)c1ccccc1. The third-order valence-corrected chi connectivity index (χ3v) is 4.65. The third kappa shape index (κ3) is 3.50. The molecule has 106 valence electrons. The monoisotopic (exact) mass is 260 g/mol. The van der Waals surface area contributed by atoms with Gasteiger partial charge in [-0.25, -0.2) is 0 Å². The molecule has 1 aliphatic carbocycles. The molecule has 0 amide bonds. The van der Waals surface area contributed by atoms with Crippen molar-refractivity contribution in [3.05, 3.63) is 30.3 Å². The average molecular weight is 260 g/mol. The molecule has 0 spiro atoms. The summed E-state index contributed by atoms with van der Waals surface area (Å²) in [6.07, 6.45) is 5.29. The van der Waals surface area contributed by atoms with Crippen LogP contribution in [0.2, 0.25) is 0 Å². The highest BCUT2D eigenvalue weighted by Gasteiger charge is 2.35. The van der Waals surface area contributed by atoms with Crippen LogP contribution in [-0.4, -0.2) is 19.6 Å². The number of para-hydroxylation sites is 1. The van der Waals surface area contributed by atoms with Crippen LogP contribution in [0.25, 0.3) is 0 Å². The van der Waals surface area contributed by atoms with E-state index in [1.165, 1.54) is 31.4 Å². The summed E-state index contributed by atoms with van der Waals surface area (Å²) in [5, 5.41) is 0. The van der Waals surface area contributed by atoms with Crippen LogP contribution in [0.1, 0.15) is 39.5 Å². The van der Waals surface area contributed by atoms with Gasteiger partial charge >= 0.3 is 0 Å². The first kappa shape index (κ1) is 14.4. The van der Waals surface area contributed by atoms with E-state index < -0.39 is 0 Å². The zero-order valence-electron chi connectivity index (χ0n) is 12.4. The highest BCUT2D eigenvalue weighted by atomic mass is 15.1. The quantitative estimate of drug-likeness (QED) is 0.875. The topological polar surface area (TPSA) is 29.3 Å². The Hall–Kier alpha value is -1.02. The van der Waals surface area contributed by atoms with Crippen molar-refractivity contribution in [2.24, 2.45) is 17.1 Å². The lowest BCUT2D eigenvalue weighted by atomic mass is 9.69. The van der Waals surface area contributed by atoms with E-state index >= 15 is 0 Å². The Morgan fingerprint density at radius 3 is 2.63 bits per heavy atom. The van der Waals surface area contributed by atoms with Crippen LogP contribution in [0, 0.1) is 11.3 Å². The van der Waals surface area contributed by atoms with Gasteiger partial charge in [0.25, 0.3) is 0 Å². The molecule has 2 heteroatoms. The van der Waals surface area contributed by atoms with Gasteiger partial charge in [-0.15, -0.1) is 0 Å². The van der Waals surface area contributed by atoms with Gasteiger partial charge in [0.1, 0.15) is 0 Å². The van der Waals surface area contributed by atoms with E-state index in [-0.39, 0.29) is 0 Å². The van der Waals surface area contributed by atoms with Gasteiger partial charge in [0.15, 0.2) is 0 Å². The van der Waals surface area contributed by atoms with E-state index in [9.17, 15) is 0 Å². The first-order valence-electron chi connectivity index (χ1n) is 7.69. The van der Waals surface area contributed by atoms with Gasteiger partial charge in [-0.3, -0.25) is 0 Å². The van der Waals surface area contributed by atoms with Crippen LogP contribution < -0.4 is 10.6 Å². The van der Waals surface area contributed by atoms with Gasteiger partial charge < -0.3 is 10.6 Å². The van der Waals surface area contributed by atoms with Crippen molar-refractivity contribution in [3.63, 3.8) is 0 Å². The second kappa shape index (κ2) is 6.42. The first-order chi connectivity index (χ1) is 9.19. The predicted octanol–water partition coefficient (Wildman–Crippen LogP) is 3.67. The molecule has 2 unspecified atom stereocenters. The summed E-state index contributed by atoms with van der Waals surface area (Å²) in [4.78, 5) is 2.49. The molecule has 19 heavy (non-hydrogen) atoms. The molecule has 1 aromatic carbocycles. The molecule has 0 bridgehead atoms. The zero-order chi connectivity index (χ0) is 13.7. The molecule has 1 aliphatic rings. The number of rotatable bonds is 5. The number of hydrogen-bond donors (Lipinski definition) is 1. The molecule has 1 saturated carbocycles. The maximum atomic E-state index is 6.15. The summed E-state index contributed by atoms with van der Waals surface area (Å²) in [5.41, 5.74) is 7.81. The third-order valence-electron chi connectivity index (χ3n) is 4.65. The van der Waals surface area contributed by atoms with E-state index in [4.69, 9.17) is 5.73 Å². The maximum Gasteiger partial charge on any atom is 0.0366 e. The molecule has 1 aromatic rings. The molecule has 0 heterocycles. The number of hydrogen-bond acceptors (Lipinski definition) is 2. The van der Waals surface area contributed by atoms with Crippen molar-refractivity contribution >= 4 is 5.69 Å². The van der Waals surface area contributed by atoms with E-state index in [0.717, 1.165) is 25.6 Å². The number of nitrogens with zero attached hydrogens (tertiary/aromatic N) is 1. The van der Waals surface area contributed by atoms with Gasteiger partial charge in [-0.1, -0.05) is 38.0 Å². The van der Waals surface area contributed by atoms with Crippen LogP contribution in [0.5, 0.6) is 0 Å². The smallest absolute Gasteiger partial charge is 0.0366 e. The van der Waals surface area contributed by atoms with Gasteiger partial charge in [0.2, 0.25) is 0 Å². The van der Waals surface area contributed by atoms with Crippen molar-refractivity contribution < 1.29 is 0 Å². The standard InChI is InChI=1S/C17H28N2/c1-3-19(16-9-5-4-6-10-16)14-17(13-18)11-7-8-15(2)12-17/h4-6,9-10,15H,3,7-8,11-14,18H2,1-2H3. The zero-order valence-corrected chi connectivity index (χ0v) is 12.4. The summed E-state index contributed by atoms with van der Waals surface area (Å²) >= 11 is 0. The Balaban J connectivity index is 2.11. The second-order valence-electron chi connectivity index (χ2n) is 6.26. The fraction of sp³-hybridized carbons (Fsp3) is 0.647. The minimum absolute atomic E-state index is 0.323. The number of anilines is 1.